The van der Waals surface area contributed by atoms with Crippen molar-refractivity contribution in [3.05, 3.63) is 35.4 Å². The molecule has 0 heterocycles. The van der Waals surface area contributed by atoms with Crippen molar-refractivity contribution in [2.75, 3.05) is 11.9 Å². The van der Waals surface area contributed by atoms with Crippen molar-refractivity contribution in [2.45, 2.75) is 25.7 Å². The molecule has 1 aliphatic carbocycles. The molecule has 19 heavy (non-hydrogen) atoms. The van der Waals surface area contributed by atoms with Crippen LogP contribution in [-0.4, -0.2) is 17.8 Å². The molecule has 0 unspecified atom stereocenters. The number of hydrogen-bond donors (Lipinski definition) is 1. The summed E-state index contributed by atoms with van der Waals surface area (Å²) in [6, 6.07) is 3.28. The van der Waals surface area contributed by atoms with E-state index < -0.39 is 11.6 Å². The van der Waals surface area contributed by atoms with Crippen molar-refractivity contribution >= 4 is 21.8 Å². The predicted octanol–water partition coefficient (Wildman–Crippen LogP) is 3.19. The van der Waals surface area contributed by atoms with Gasteiger partial charge >= 0.3 is 0 Å². The molecule has 0 aliphatic heterocycles. The van der Waals surface area contributed by atoms with Crippen LogP contribution in [0.1, 0.15) is 24.8 Å². The van der Waals surface area contributed by atoms with E-state index in [0.29, 0.717) is 6.54 Å². The fourth-order valence-corrected chi connectivity index (χ4v) is 2.92. The van der Waals surface area contributed by atoms with Crippen molar-refractivity contribution in [1.29, 1.82) is 0 Å². The summed E-state index contributed by atoms with van der Waals surface area (Å²) in [7, 11) is 0. The molecule has 104 valence electrons. The molecule has 0 spiro atoms. The predicted molar refractivity (Wildman–Crippen MR) is 73.1 cm³/mol. The van der Waals surface area contributed by atoms with Crippen LogP contribution in [-0.2, 0) is 11.2 Å². The van der Waals surface area contributed by atoms with E-state index in [-0.39, 0.29) is 23.3 Å². The van der Waals surface area contributed by atoms with E-state index in [1.807, 2.05) is 0 Å². The molecule has 2 nitrogen and oxygen atoms in total. The molecule has 0 bridgehead atoms. The van der Waals surface area contributed by atoms with E-state index in [1.165, 1.54) is 12.1 Å². The molecule has 1 aliphatic rings. The Balaban J connectivity index is 1.84. The molecule has 1 aromatic carbocycles. The molecule has 1 aromatic rings. The average molecular weight is 332 g/mol. The van der Waals surface area contributed by atoms with Crippen molar-refractivity contribution < 1.29 is 13.6 Å². The summed E-state index contributed by atoms with van der Waals surface area (Å²) in [5, 5.41) is 3.77. The van der Waals surface area contributed by atoms with E-state index in [4.69, 9.17) is 0 Å². The first kappa shape index (κ1) is 14.4. The molecular formula is C14H16BrF2NO. The third kappa shape index (κ3) is 4.00. The highest BCUT2D eigenvalue weighted by molar-refractivity contribution is 9.09. The molecule has 1 fully saturated rings. The molecule has 1 saturated carbocycles. The summed E-state index contributed by atoms with van der Waals surface area (Å²) < 4.78 is 26.1. The smallest absolute Gasteiger partial charge is 0.224 e. The lowest BCUT2D eigenvalue weighted by Gasteiger charge is -2.14. The number of halogens is 3. The van der Waals surface area contributed by atoms with E-state index in [2.05, 4.69) is 21.2 Å². The quantitative estimate of drug-likeness (QED) is 0.797. The molecule has 0 radical (unpaired) electrons. The van der Waals surface area contributed by atoms with Crippen LogP contribution in [0, 0.1) is 17.0 Å². The summed E-state index contributed by atoms with van der Waals surface area (Å²) in [4.78, 5) is 11.7. The zero-order valence-corrected chi connectivity index (χ0v) is 12.1. The fraction of sp³-hybridized carbons (Fsp3) is 0.500. The Morgan fingerprint density at radius 1 is 1.37 bits per heavy atom. The lowest BCUT2D eigenvalue weighted by molar-refractivity contribution is -0.120. The first-order chi connectivity index (χ1) is 9.04. The van der Waals surface area contributed by atoms with Crippen molar-refractivity contribution in [2.24, 2.45) is 5.41 Å². The van der Waals surface area contributed by atoms with Gasteiger partial charge in [0.05, 0.1) is 6.42 Å². The summed E-state index contributed by atoms with van der Waals surface area (Å²) in [5.74, 6) is -1.51. The third-order valence-corrected chi connectivity index (χ3v) is 4.01. The Kier molecular flexibility index (Phi) is 4.55. The number of benzene rings is 1. The topological polar surface area (TPSA) is 29.1 Å². The highest BCUT2D eigenvalue weighted by Gasteiger charge is 2.41. The van der Waals surface area contributed by atoms with Gasteiger partial charge in [0, 0.05) is 17.9 Å². The SMILES string of the molecule is O=C(Cc1ccc(F)cc1F)NCC1(CCBr)CC1. The molecule has 0 aromatic heterocycles. The number of nitrogens with one attached hydrogen (secondary N) is 1. The Bertz CT molecular complexity index is 475. The number of carbonyl (C=O) groups excluding carboxylic acids is 1. The lowest BCUT2D eigenvalue weighted by Crippen LogP contribution is -2.31. The lowest BCUT2D eigenvalue weighted by atomic mass is 10.0. The van der Waals surface area contributed by atoms with Crippen LogP contribution in [0.4, 0.5) is 8.78 Å². The number of alkyl halides is 1. The second-order valence-electron chi connectivity index (χ2n) is 5.13. The first-order valence-corrected chi connectivity index (χ1v) is 7.43. The average Bonchev–Trinajstić information content (AvgIpc) is 3.11. The van der Waals surface area contributed by atoms with Gasteiger partial charge in [-0.25, -0.2) is 8.78 Å². The van der Waals surface area contributed by atoms with E-state index >= 15 is 0 Å². The van der Waals surface area contributed by atoms with Crippen LogP contribution in [0.3, 0.4) is 0 Å². The summed E-state index contributed by atoms with van der Waals surface area (Å²) in [6.07, 6.45) is 3.25. The van der Waals surface area contributed by atoms with Gasteiger partial charge in [0.2, 0.25) is 5.91 Å². The molecule has 1 N–H and O–H groups in total. The minimum absolute atomic E-state index is 0.0451. The maximum atomic E-state index is 13.4. The number of hydrogen-bond acceptors (Lipinski definition) is 1. The largest absolute Gasteiger partial charge is 0.355 e. The van der Waals surface area contributed by atoms with Crippen LogP contribution in [0.2, 0.25) is 0 Å². The maximum absolute atomic E-state index is 13.4. The normalized spacial score (nSPS) is 16.2. The summed E-state index contributed by atoms with van der Waals surface area (Å²) in [5.41, 5.74) is 0.463. The van der Waals surface area contributed by atoms with Gasteiger partial charge in [-0.15, -0.1) is 0 Å². The van der Waals surface area contributed by atoms with Crippen molar-refractivity contribution in [3.63, 3.8) is 0 Å². The van der Waals surface area contributed by atoms with Crippen LogP contribution in [0.5, 0.6) is 0 Å². The molecule has 0 saturated heterocycles. The Labute approximate surface area is 119 Å². The van der Waals surface area contributed by atoms with Crippen molar-refractivity contribution in [3.8, 4) is 0 Å². The standard InChI is InChI=1S/C14H16BrF2NO/c15-6-5-14(3-4-14)9-18-13(19)7-10-1-2-11(16)8-12(10)17/h1-2,8H,3-7,9H2,(H,18,19). The first-order valence-electron chi connectivity index (χ1n) is 6.31. The van der Waals surface area contributed by atoms with Crippen LogP contribution in [0.25, 0.3) is 0 Å². The Morgan fingerprint density at radius 2 is 2.11 bits per heavy atom. The highest BCUT2D eigenvalue weighted by Crippen LogP contribution is 2.48. The zero-order valence-electron chi connectivity index (χ0n) is 10.5. The van der Waals surface area contributed by atoms with Crippen LogP contribution >= 0.6 is 15.9 Å². The van der Waals surface area contributed by atoms with Gasteiger partial charge in [0.15, 0.2) is 0 Å². The minimum atomic E-state index is -0.670. The van der Waals surface area contributed by atoms with E-state index in [9.17, 15) is 13.6 Å². The number of carbonyl (C=O) groups is 1. The number of amides is 1. The second kappa shape index (κ2) is 5.99. The molecule has 5 heteroatoms. The third-order valence-electron chi connectivity index (χ3n) is 3.61. The maximum Gasteiger partial charge on any atom is 0.224 e. The Hall–Kier alpha value is -0.970. The van der Waals surface area contributed by atoms with E-state index in [0.717, 1.165) is 30.7 Å². The number of rotatable bonds is 6. The van der Waals surface area contributed by atoms with Gasteiger partial charge in [-0.05, 0) is 36.3 Å². The molecule has 1 amide bonds. The van der Waals surface area contributed by atoms with Gasteiger partial charge in [0.1, 0.15) is 11.6 Å². The summed E-state index contributed by atoms with van der Waals surface area (Å²) in [6.45, 7) is 0.639. The summed E-state index contributed by atoms with van der Waals surface area (Å²) >= 11 is 3.40. The Morgan fingerprint density at radius 3 is 2.68 bits per heavy atom. The van der Waals surface area contributed by atoms with Crippen LogP contribution < -0.4 is 5.32 Å². The van der Waals surface area contributed by atoms with Gasteiger partial charge < -0.3 is 5.32 Å². The second-order valence-corrected chi connectivity index (χ2v) is 5.92. The molecule has 0 atom stereocenters. The van der Waals surface area contributed by atoms with Gasteiger partial charge in [0.25, 0.3) is 0 Å². The zero-order chi connectivity index (χ0) is 13.9. The monoisotopic (exact) mass is 331 g/mol. The minimum Gasteiger partial charge on any atom is -0.355 e. The van der Waals surface area contributed by atoms with Gasteiger partial charge in [-0.3, -0.25) is 4.79 Å². The van der Waals surface area contributed by atoms with Crippen molar-refractivity contribution in [1.82, 2.24) is 5.32 Å². The van der Waals surface area contributed by atoms with Gasteiger partial charge in [-0.1, -0.05) is 22.0 Å². The molecular weight excluding hydrogens is 316 g/mol. The highest BCUT2D eigenvalue weighted by atomic mass is 79.9. The fourth-order valence-electron chi connectivity index (χ4n) is 2.08. The molecule has 2 rings (SSSR count). The van der Waals surface area contributed by atoms with Crippen LogP contribution in [0.15, 0.2) is 18.2 Å². The van der Waals surface area contributed by atoms with E-state index in [1.54, 1.807) is 0 Å². The van der Waals surface area contributed by atoms with Gasteiger partial charge in [-0.2, -0.15) is 0 Å².